The van der Waals surface area contributed by atoms with Gasteiger partial charge in [-0.25, -0.2) is 0 Å². The van der Waals surface area contributed by atoms with Crippen molar-refractivity contribution < 1.29 is 0 Å². The fourth-order valence-electron chi connectivity index (χ4n) is 11.3. The highest BCUT2D eigenvalue weighted by molar-refractivity contribution is 5.50. The van der Waals surface area contributed by atoms with Crippen molar-refractivity contribution in [1.82, 2.24) is 19.9 Å². The maximum atomic E-state index is 3.98. The monoisotopic (exact) mass is 588 g/mol. The van der Waals surface area contributed by atoms with E-state index in [2.05, 4.69) is 69.0 Å². The zero-order valence-corrected chi connectivity index (χ0v) is 26.8. The molecule has 0 atom stereocenters. The van der Waals surface area contributed by atoms with Crippen LogP contribution in [0.4, 0.5) is 0 Å². The Morgan fingerprint density at radius 1 is 0.295 bits per heavy atom. The van der Waals surface area contributed by atoms with Crippen molar-refractivity contribution in [3.8, 4) is 0 Å². The fourth-order valence-corrected chi connectivity index (χ4v) is 11.3. The molecule has 8 bridgehead atoms. The largest absolute Gasteiger partial charge is 0.364 e. The van der Waals surface area contributed by atoms with Crippen LogP contribution < -0.4 is 0 Å². The Hall–Kier alpha value is -2.88. The summed E-state index contributed by atoms with van der Waals surface area (Å²) in [6.07, 6.45) is 35.6. The second-order valence-electron chi connectivity index (χ2n) is 15.8. The van der Waals surface area contributed by atoms with Crippen LogP contribution in [0.5, 0.6) is 0 Å². The maximum Gasteiger partial charge on any atom is 0.0368 e. The van der Waals surface area contributed by atoms with Gasteiger partial charge in [0, 0.05) is 69.2 Å². The van der Waals surface area contributed by atoms with Crippen LogP contribution in [0.3, 0.4) is 0 Å². The number of fused-ring (bicyclic) bond motifs is 16. The van der Waals surface area contributed by atoms with Crippen molar-refractivity contribution in [3.63, 3.8) is 0 Å². The number of rotatable bonds is 0. The summed E-state index contributed by atoms with van der Waals surface area (Å²) in [6, 6.07) is 10.6. The molecule has 0 aliphatic heterocycles. The number of aromatic nitrogens is 4. The molecule has 0 unspecified atom stereocenters. The molecule has 4 N–H and O–H groups in total. The van der Waals surface area contributed by atoms with E-state index in [-0.39, 0.29) is 21.7 Å². The van der Waals surface area contributed by atoms with Gasteiger partial charge in [-0.1, -0.05) is 77.0 Å². The minimum absolute atomic E-state index is 0.0738. The lowest BCUT2D eigenvalue weighted by Crippen LogP contribution is -2.33. The maximum absolute atomic E-state index is 3.98. The molecule has 0 radical (unpaired) electrons. The molecule has 232 valence electrons. The van der Waals surface area contributed by atoms with E-state index in [9.17, 15) is 0 Å². The first kappa shape index (κ1) is 27.4. The van der Waals surface area contributed by atoms with Gasteiger partial charge in [0.1, 0.15) is 0 Å². The van der Waals surface area contributed by atoms with E-state index in [1.54, 1.807) is 0 Å². The third-order valence-corrected chi connectivity index (χ3v) is 13.8. The van der Waals surface area contributed by atoms with Crippen LogP contribution in [0.25, 0.3) is 0 Å². The van der Waals surface area contributed by atoms with Gasteiger partial charge < -0.3 is 19.9 Å². The molecule has 4 nitrogen and oxygen atoms in total. The van der Waals surface area contributed by atoms with E-state index >= 15 is 0 Å². The van der Waals surface area contributed by atoms with Gasteiger partial charge in [-0.05, 0) is 97.9 Å². The molecule has 4 spiro atoms. The summed E-state index contributed by atoms with van der Waals surface area (Å²) >= 11 is 0. The number of nitrogens with one attached hydrogen (secondary N) is 4. The molecule has 0 saturated heterocycles. The molecular weight excluding hydrogens is 536 g/mol. The third kappa shape index (κ3) is 3.88. The predicted molar refractivity (Wildman–Crippen MR) is 179 cm³/mol. The number of hydrogen-bond donors (Lipinski definition) is 4. The van der Waals surface area contributed by atoms with E-state index in [1.807, 2.05) is 0 Å². The van der Waals surface area contributed by atoms with Gasteiger partial charge in [0.05, 0.1) is 0 Å². The van der Waals surface area contributed by atoms with E-state index in [0.29, 0.717) is 0 Å². The van der Waals surface area contributed by atoms with Crippen LogP contribution in [0.1, 0.15) is 173 Å². The van der Waals surface area contributed by atoms with Crippen LogP contribution in [0.15, 0.2) is 49.1 Å². The van der Waals surface area contributed by atoms with Crippen LogP contribution in [-0.2, 0) is 21.7 Å². The van der Waals surface area contributed by atoms with Crippen molar-refractivity contribution in [1.29, 1.82) is 0 Å². The summed E-state index contributed by atoms with van der Waals surface area (Å²) in [4.78, 5) is 15.9. The molecule has 9 rings (SSSR count). The predicted octanol–water partition coefficient (Wildman–Crippen LogP) is 10.3. The lowest BCUT2D eigenvalue weighted by Gasteiger charge is -2.39. The SMILES string of the molecule is c1[nH]c2cc1C1(CCCCC1)c1cc(c[nH]1)C1(CCCCC1)c1cc(c[nH]1)C1(CCCCC1)c1cc(c[nH]1)C21CCCCC1. The lowest BCUT2D eigenvalue weighted by molar-refractivity contribution is 0.330. The number of hydrogen-bond acceptors (Lipinski definition) is 0. The highest BCUT2D eigenvalue weighted by Crippen LogP contribution is 2.54. The van der Waals surface area contributed by atoms with Crippen molar-refractivity contribution in [2.24, 2.45) is 0 Å². The summed E-state index contributed by atoms with van der Waals surface area (Å²) in [6.45, 7) is 0. The first-order chi connectivity index (χ1) is 21.7. The zero-order valence-electron chi connectivity index (χ0n) is 26.8. The fraction of sp³-hybridized carbons (Fsp3) is 0.600. The molecule has 4 saturated carbocycles. The Morgan fingerprint density at radius 3 is 0.705 bits per heavy atom. The van der Waals surface area contributed by atoms with Gasteiger partial charge in [-0.15, -0.1) is 0 Å². The highest BCUT2D eigenvalue weighted by Gasteiger charge is 2.46. The van der Waals surface area contributed by atoms with Gasteiger partial charge in [0.15, 0.2) is 0 Å². The molecule has 0 aromatic carbocycles. The minimum atomic E-state index is 0.0738. The summed E-state index contributed by atoms with van der Waals surface area (Å²) in [5.74, 6) is 0. The van der Waals surface area contributed by atoms with E-state index in [0.717, 1.165) is 0 Å². The quantitative estimate of drug-likeness (QED) is 0.158. The Bertz CT molecular complexity index is 1270. The Labute approximate surface area is 263 Å². The van der Waals surface area contributed by atoms with Crippen molar-refractivity contribution >= 4 is 0 Å². The zero-order chi connectivity index (χ0) is 29.2. The summed E-state index contributed by atoms with van der Waals surface area (Å²) in [5.41, 5.74) is 12.3. The normalized spacial score (nSPS) is 25.1. The molecule has 4 aromatic heterocycles. The topological polar surface area (TPSA) is 63.2 Å². The standard InChI is InChI=1S/C40H52N4/c1-5-13-37(14-6-1)29-21-34(42-25-29)39(17-9-3-10-18-39)31-23-36(44-27-31)40(19-11-4-12-20-40)32-24-35(43-28-32)38(15-7-2-8-16-38)30-22-33(37)41-26-30/h21-28,41-44H,1-20H2. The van der Waals surface area contributed by atoms with Crippen LogP contribution in [0.2, 0.25) is 0 Å². The number of H-pyrrole nitrogens is 4. The summed E-state index contributed by atoms with van der Waals surface area (Å²) in [7, 11) is 0. The van der Waals surface area contributed by atoms with Gasteiger partial charge >= 0.3 is 0 Å². The Kier molecular flexibility index (Phi) is 6.44. The van der Waals surface area contributed by atoms with E-state index in [4.69, 9.17) is 0 Å². The average Bonchev–Trinajstić information content (AvgIpc) is 3.93. The first-order valence-electron chi connectivity index (χ1n) is 18.4. The van der Waals surface area contributed by atoms with Gasteiger partial charge in [-0.3, -0.25) is 0 Å². The minimum Gasteiger partial charge on any atom is -0.364 e. The van der Waals surface area contributed by atoms with Crippen molar-refractivity contribution in [3.05, 3.63) is 94.1 Å². The van der Waals surface area contributed by atoms with Gasteiger partial charge in [-0.2, -0.15) is 0 Å². The second-order valence-corrected chi connectivity index (χ2v) is 15.8. The molecule has 4 heteroatoms. The molecule has 4 fully saturated rings. The van der Waals surface area contributed by atoms with Gasteiger partial charge in [0.2, 0.25) is 0 Å². The smallest absolute Gasteiger partial charge is 0.0368 e. The Balaban J connectivity index is 1.29. The Morgan fingerprint density at radius 2 is 0.500 bits per heavy atom. The molecule has 4 aromatic rings. The third-order valence-electron chi connectivity index (χ3n) is 13.8. The summed E-state index contributed by atoms with van der Waals surface area (Å²) < 4.78 is 0. The van der Waals surface area contributed by atoms with E-state index in [1.165, 1.54) is 173 Å². The average molecular weight is 589 g/mol. The molecule has 0 amide bonds. The van der Waals surface area contributed by atoms with Crippen molar-refractivity contribution in [2.75, 3.05) is 0 Å². The highest BCUT2D eigenvalue weighted by atomic mass is 14.8. The van der Waals surface area contributed by atoms with Crippen LogP contribution in [-0.4, -0.2) is 19.9 Å². The van der Waals surface area contributed by atoms with Crippen molar-refractivity contribution in [2.45, 2.75) is 150 Å². The molecule has 5 aliphatic rings. The molecule has 5 aliphatic carbocycles. The van der Waals surface area contributed by atoms with E-state index < -0.39 is 0 Å². The number of aromatic amines is 4. The van der Waals surface area contributed by atoms with Gasteiger partial charge in [0.25, 0.3) is 0 Å². The van der Waals surface area contributed by atoms with Crippen LogP contribution >= 0.6 is 0 Å². The molecular formula is C40H52N4. The molecule has 44 heavy (non-hydrogen) atoms. The van der Waals surface area contributed by atoms with Crippen LogP contribution in [0, 0.1) is 0 Å². The lowest BCUT2D eigenvalue weighted by atomic mass is 9.63. The second kappa shape index (κ2) is 10.3. The molecule has 4 heterocycles. The first-order valence-corrected chi connectivity index (χ1v) is 18.4. The summed E-state index contributed by atoms with van der Waals surface area (Å²) in [5, 5.41) is 0.